The molecule has 0 aliphatic carbocycles. The lowest BCUT2D eigenvalue weighted by Crippen LogP contribution is -2.41. The second-order valence-corrected chi connectivity index (χ2v) is 7.69. The van der Waals surface area contributed by atoms with Crippen molar-refractivity contribution in [1.29, 1.82) is 0 Å². The number of rotatable bonds is 8. The van der Waals surface area contributed by atoms with E-state index < -0.39 is 11.5 Å². The van der Waals surface area contributed by atoms with Crippen molar-refractivity contribution >= 4 is 17.6 Å². The van der Waals surface area contributed by atoms with Crippen molar-refractivity contribution in [3.8, 4) is 5.75 Å². The number of hydrogen-bond donors (Lipinski definition) is 3. The molecule has 0 bridgehead atoms. The van der Waals surface area contributed by atoms with E-state index in [9.17, 15) is 9.59 Å². The number of H-pyrrole nitrogens is 1. The molecule has 0 aliphatic rings. The van der Waals surface area contributed by atoms with Crippen molar-refractivity contribution < 1.29 is 19.1 Å². The lowest BCUT2D eigenvalue weighted by atomic mass is 10.0. The lowest BCUT2D eigenvalue weighted by Gasteiger charge is -2.20. The molecule has 158 valence electrons. The van der Waals surface area contributed by atoms with Crippen molar-refractivity contribution in [2.45, 2.75) is 53.1 Å². The van der Waals surface area contributed by atoms with Crippen LogP contribution >= 0.6 is 0 Å². The Morgan fingerprint density at radius 2 is 1.76 bits per heavy atom. The Labute approximate surface area is 172 Å². The molecule has 7 heteroatoms. The monoisotopic (exact) mass is 401 g/mol. The summed E-state index contributed by atoms with van der Waals surface area (Å²) in [5, 5.41) is 6.23. The van der Waals surface area contributed by atoms with Crippen molar-refractivity contribution in [3.63, 3.8) is 0 Å². The Kier molecular flexibility index (Phi) is 7.31. The van der Waals surface area contributed by atoms with Gasteiger partial charge in [0.05, 0.1) is 25.8 Å². The summed E-state index contributed by atoms with van der Waals surface area (Å²) in [6.45, 7) is 10.0. The van der Waals surface area contributed by atoms with Crippen molar-refractivity contribution in [2.75, 3.05) is 19.0 Å². The van der Waals surface area contributed by atoms with Crippen LogP contribution in [0.15, 0.2) is 24.3 Å². The fourth-order valence-electron chi connectivity index (χ4n) is 3.03. The predicted octanol–water partition coefficient (Wildman–Crippen LogP) is 3.90. The molecule has 0 saturated heterocycles. The molecule has 3 N–H and O–H groups in total. The van der Waals surface area contributed by atoms with Crippen molar-refractivity contribution in [1.82, 2.24) is 10.3 Å². The van der Waals surface area contributed by atoms with Gasteiger partial charge >= 0.3 is 5.97 Å². The first-order chi connectivity index (χ1) is 13.7. The van der Waals surface area contributed by atoms with Gasteiger partial charge in [0.15, 0.2) is 0 Å². The van der Waals surface area contributed by atoms with Gasteiger partial charge in [0, 0.05) is 16.9 Å². The second kappa shape index (κ2) is 9.49. The molecule has 0 saturated carbocycles. The normalized spacial score (nSPS) is 11.1. The first-order valence-corrected chi connectivity index (χ1v) is 9.81. The number of aromatic amines is 1. The Morgan fingerprint density at radius 3 is 2.28 bits per heavy atom. The summed E-state index contributed by atoms with van der Waals surface area (Å²) in [5.74, 6) is 0.0922. The predicted molar refractivity (Wildman–Crippen MR) is 114 cm³/mol. The van der Waals surface area contributed by atoms with E-state index in [2.05, 4.69) is 15.6 Å². The van der Waals surface area contributed by atoms with Crippen LogP contribution in [0, 0.1) is 0 Å². The highest BCUT2D eigenvalue weighted by Gasteiger charge is 2.27. The third kappa shape index (κ3) is 5.76. The van der Waals surface area contributed by atoms with Gasteiger partial charge in [0.25, 0.3) is 5.91 Å². The minimum absolute atomic E-state index is 0.240. The van der Waals surface area contributed by atoms with Crippen LogP contribution in [-0.2, 0) is 17.7 Å². The number of anilines is 1. The maximum atomic E-state index is 12.8. The van der Waals surface area contributed by atoms with Crippen LogP contribution in [0.1, 0.15) is 66.7 Å². The number of hydrogen-bond acceptors (Lipinski definition) is 5. The van der Waals surface area contributed by atoms with E-state index in [1.807, 2.05) is 52.0 Å². The Bertz CT molecular complexity index is 848. The first kappa shape index (κ1) is 22.3. The molecule has 0 atom stereocenters. The van der Waals surface area contributed by atoms with Gasteiger partial charge in [0.2, 0.25) is 0 Å². The summed E-state index contributed by atoms with van der Waals surface area (Å²) in [7, 11) is 1.61. The molecule has 1 heterocycles. The average Bonchev–Trinajstić information content (AvgIpc) is 3.04. The standard InChI is InChI=1S/C22H31N3O4/c1-7-16-18(21(27)29-8-2)17(24-19(16)20(26)25-22(3,4)5)13-23-14-9-11-15(28-6)12-10-14/h9-12,23-24H,7-8,13H2,1-6H3,(H,25,26). The fraction of sp³-hybridized carbons (Fsp3) is 0.455. The van der Waals surface area contributed by atoms with Crippen LogP contribution in [0.3, 0.4) is 0 Å². The molecule has 7 nitrogen and oxygen atoms in total. The molecule has 0 unspecified atom stereocenters. The quantitative estimate of drug-likeness (QED) is 0.584. The summed E-state index contributed by atoms with van der Waals surface area (Å²) in [6.07, 6.45) is 0.528. The summed E-state index contributed by atoms with van der Waals surface area (Å²) in [5.41, 5.74) is 2.59. The number of methoxy groups -OCH3 is 1. The Balaban J connectivity index is 2.37. The number of ether oxygens (including phenoxy) is 2. The molecule has 1 aromatic carbocycles. The largest absolute Gasteiger partial charge is 0.497 e. The highest BCUT2D eigenvalue weighted by molar-refractivity contribution is 6.01. The van der Waals surface area contributed by atoms with Gasteiger partial charge < -0.3 is 25.1 Å². The maximum absolute atomic E-state index is 12.8. The molecule has 0 spiro atoms. The molecular weight excluding hydrogens is 370 g/mol. The van der Waals surface area contributed by atoms with E-state index in [1.165, 1.54) is 0 Å². The zero-order valence-corrected chi connectivity index (χ0v) is 18.1. The molecule has 2 aromatic rings. The molecule has 1 amide bonds. The first-order valence-electron chi connectivity index (χ1n) is 9.81. The van der Waals surface area contributed by atoms with E-state index in [-0.39, 0.29) is 12.5 Å². The van der Waals surface area contributed by atoms with Crippen LogP contribution in [0.25, 0.3) is 0 Å². The molecule has 1 aromatic heterocycles. The molecule has 2 rings (SSSR count). The van der Waals surface area contributed by atoms with Crippen LogP contribution in [-0.4, -0.2) is 36.1 Å². The van der Waals surface area contributed by atoms with E-state index in [4.69, 9.17) is 9.47 Å². The van der Waals surface area contributed by atoms with Crippen LogP contribution in [0.2, 0.25) is 0 Å². The summed E-state index contributed by atoms with van der Waals surface area (Å²) < 4.78 is 10.4. The molecule has 29 heavy (non-hydrogen) atoms. The number of aromatic nitrogens is 1. The van der Waals surface area contributed by atoms with Crippen LogP contribution < -0.4 is 15.4 Å². The van der Waals surface area contributed by atoms with E-state index in [0.29, 0.717) is 35.5 Å². The highest BCUT2D eigenvalue weighted by Crippen LogP contribution is 2.24. The van der Waals surface area contributed by atoms with E-state index in [1.54, 1.807) is 14.0 Å². The highest BCUT2D eigenvalue weighted by atomic mass is 16.5. The van der Waals surface area contributed by atoms with Gasteiger partial charge in [-0.15, -0.1) is 0 Å². The zero-order valence-electron chi connectivity index (χ0n) is 18.1. The molecular formula is C22H31N3O4. The van der Waals surface area contributed by atoms with Crippen LogP contribution in [0.4, 0.5) is 5.69 Å². The van der Waals surface area contributed by atoms with Crippen molar-refractivity contribution in [3.05, 3.63) is 46.8 Å². The van der Waals surface area contributed by atoms with Gasteiger partial charge in [-0.05, 0) is 63.9 Å². The number of esters is 1. The smallest absolute Gasteiger partial charge is 0.340 e. The zero-order chi connectivity index (χ0) is 21.6. The SMILES string of the molecule is CCOC(=O)c1c(CNc2ccc(OC)cc2)[nH]c(C(=O)NC(C)(C)C)c1CC. The van der Waals surface area contributed by atoms with Gasteiger partial charge in [0.1, 0.15) is 11.4 Å². The van der Waals surface area contributed by atoms with E-state index in [0.717, 1.165) is 11.4 Å². The molecule has 0 fully saturated rings. The number of carbonyl (C=O) groups is 2. The summed E-state index contributed by atoms with van der Waals surface area (Å²) in [4.78, 5) is 28.6. The summed E-state index contributed by atoms with van der Waals surface area (Å²) >= 11 is 0. The number of benzene rings is 1. The Morgan fingerprint density at radius 1 is 1.10 bits per heavy atom. The maximum Gasteiger partial charge on any atom is 0.340 e. The van der Waals surface area contributed by atoms with E-state index >= 15 is 0 Å². The third-order valence-electron chi connectivity index (χ3n) is 4.29. The van der Waals surface area contributed by atoms with Gasteiger partial charge in [-0.2, -0.15) is 0 Å². The average molecular weight is 402 g/mol. The Hall–Kier alpha value is -2.96. The minimum atomic E-state index is -0.429. The fourth-order valence-corrected chi connectivity index (χ4v) is 3.03. The topological polar surface area (TPSA) is 92.5 Å². The van der Waals surface area contributed by atoms with Crippen LogP contribution in [0.5, 0.6) is 5.75 Å². The lowest BCUT2D eigenvalue weighted by molar-refractivity contribution is 0.0524. The number of carbonyl (C=O) groups excluding carboxylic acids is 2. The second-order valence-electron chi connectivity index (χ2n) is 7.69. The van der Waals surface area contributed by atoms with Crippen molar-refractivity contribution in [2.24, 2.45) is 0 Å². The van der Waals surface area contributed by atoms with Gasteiger partial charge in [-0.3, -0.25) is 4.79 Å². The third-order valence-corrected chi connectivity index (χ3v) is 4.29. The minimum Gasteiger partial charge on any atom is -0.497 e. The number of amides is 1. The molecule has 0 aliphatic heterocycles. The molecule has 0 radical (unpaired) electrons. The van der Waals surface area contributed by atoms with Gasteiger partial charge in [-0.1, -0.05) is 6.92 Å². The summed E-state index contributed by atoms with van der Waals surface area (Å²) in [6, 6.07) is 7.48. The van der Waals surface area contributed by atoms with Gasteiger partial charge in [-0.25, -0.2) is 4.79 Å². The number of nitrogens with one attached hydrogen (secondary N) is 3.